The van der Waals surface area contributed by atoms with Crippen LogP contribution < -0.4 is 10.2 Å². The fourth-order valence-electron chi connectivity index (χ4n) is 9.27. The molecule has 0 spiro atoms. The molecule has 0 aliphatic heterocycles. The van der Waals surface area contributed by atoms with Crippen LogP contribution in [-0.2, 0) is 27.9 Å². The van der Waals surface area contributed by atoms with E-state index in [4.69, 9.17) is 13.8 Å². The van der Waals surface area contributed by atoms with Crippen molar-refractivity contribution in [1.82, 2.24) is 5.32 Å². The molecule has 3 atom stereocenters. The summed E-state index contributed by atoms with van der Waals surface area (Å²) in [6.45, 7) is 6.80. The Kier molecular flexibility index (Phi) is 53.8. The Morgan fingerprint density at radius 3 is 1.24 bits per heavy atom. The van der Waals surface area contributed by atoms with Gasteiger partial charge in [0.05, 0.1) is 33.8 Å². The molecule has 0 aromatic carbocycles. The minimum absolute atomic E-state index is 0.0305. The van der Waals surface area contributed by atoms with Crippen LogP contribution in [0.2, 0.25) is 0 Å². The number of rotatable bonds is 58. The van der Waals surface area contributed by atoms with Crippen LogP contribution in [0.3, 0.4) is 0 Å². The molecule has 1 amide bonds. The van der Waals surface area contributed by atoms with Crippen molar-refractivity contribution in [3.05, 3.63) is 48.6 Å². The summed E-state index contributed by atoms with van der Waals surface area (Å²) in [5.74, 6) is -0.611. The summed E-state index contributed by atoms with van der Waals surface area (Å²) in [5, 5.41) is 2.98. The molecule has 0 heterocycles. The lowest BCUT2D eigenvalue weighted by Crippen LogP contribution is -2.47. The Morgan fingerprint density at radius 2 is 0.827 bits per heavy atom. The predicted molar refractivity (Wildman–Crippen MR) is 321 cm³/mol. The van der Waals surface area contributed by atoms with Crippen molar-refractivity contribution in [3.63, 3.8) is 0 Å². The minimum atomic E-state index is -4.71. The number of hydrogen-bond acceptors (Lipinski definition) is 7. The molecular weight excluding hydrogens is 952 g/mol. The highest BCUT2D eigenvalue weighted by atomic mass is 31.2. The molecule has 0 aromatic heterocycles. The van der Waals surface area contributed by atoms with Gasteiger partial charge in [0.15, 0.2) is 0 Å². The van der Waals surface area contributed by atoms with Gasteiger partial charge in [0.25, 0.3) is 7.82 Å². The largest absolute Gasteiger partial charge is 0.756 e. The van der Waals surface area contributed by atoms with E-state index < -0.39 is 26.6 Å². The number of phosphoric ester groups is 1. The maximum atomic E-state index is 13.5. The van der Waals surface area contributed by atoms with E-state index in [0.717, 1.165) is 51.4 Å². The lowest BCUT2D eigenvalue weighted by Gasteiger charge is -2.30. The highest BCUT2D eigenvalue weighted by Crippen LogP contribution is 2.38. The summed E-state index contributed by atoms with van der Waals surface area (Å²) in [5.41, 5.74) is 0. The number of ether oxygens (including phenoxy) is 1. The summed E-state index contributed by atoms with van der Waals surface area (Å²) in [6, 6.07) is -0.916. The third-order valence-corrected chi connectivity index (χ3v) is 15.2. The second-order valence-corrected chi connectivity index (χ2v) is 24.3. The molecule has 0 saturated heterocycles. The molecule has 0 radical (unpaired) electrons. The molecule has 0 aliphatic rings. The molecule has 0 rings (SSSR count). The molecule has 75 heavy (non-hydrogen) atoms. The lowest BCUT2D eigenvalue weighted by atomic mass is 10.0. The Balaban J connectivity index is 5.07. The summed E-state index contributed by atoms with van der Waals surface area (Å²) >= 11 is 0. The van der Waals surface area contributed by atoms with Gasteiger partial charge in [-0.1, -0.05) is 262 Å². The second kappa shape index (κ2) is 55.3. The van der Waals surface area contributed by atoms with Crippen molar-refractivity contribution in [2.45, 2.75) is 315 Å². The Labute approximate surface area is 465 Å². The Bertz CT molecular complexity index is 1420. The van der Waals surface area contributed by atoms with Crippen LogP contribution in [0.4, 0.5) is 0 Å². The molecule has 1 N–H and O–H groups in total. The third-order valence-electron chi connectivity index (χ3n) is 14.2. The Morgan fingerprint density at radius 1 is 0.467 bits per heavy atom. The number of amides is 1. The first-order valence-corrected chi connectivity index (χ1v) is 33.4. The average Bonchev–Trinajstić information content (AvgIpc) is 3.37. The van der Waals surface area contributed by atoms with Crippen LogP contribution >= 0.6 is 7.82 Å². The number of allylic oxidation sites excluding steroid dienone is 7. The average molecular weight is 1080 g/mol. The molecule has 440 valence electrons. The molecule has 0 bridgehead atoms. The van der Waals surface area contributed by atoms with E-state index in [1.807, 2.05) is 39.4 Å². The first-order chi connectivity index (χ1) is 36.4. The van der Waals surface area contributed by atoms with Gasteiger partial charge in [-0.15, -0.1) is 0 Å². The van der Waals surface area contributed by atoms with Crippen LogP contribution in [0.25, 0.3) is 0 Å². The molecule has 0 aromatic rings. The van der Waals surface area contributed by atoms with Gasteiger partial charge in [0.2, 0.25) is 5.91 Å². The number of nitrogens with zero attached hydrogens (tertiary/aromatic N) is 1. The highest BCUT2D eigenvalue weighted by molar-refractivity contribution is 7.45. The number of hydrogen-bond donors (Lipinski definition) is 1. The fourth-order valence-corrected chi connectivity index (χ4v) is 10.00. The summed E-state index contributed by atoms with van der Waals surface area (Å²) in [4.78, 5) is 39.9. The van der Waals surface area contributed by atoms with Crippen molar-refractivity contribution >= 4 is 19.7 Å². The molecular formula is C65H123N2O7P. The van der Waals surface area contributed by atoms with Gasteiger partial charge in [-0.05, 0) is 76.7 Å². The van der Waals surface area contributed by atoms with E-state index in [9.17, 15) is 19.0 Å². The van der Waals surface area contributed by atoms with Crippen LogP contribution in [0.15, 0.2) is 48.6 Å². The van der Waals surface area contributed by atoms with Crippen LogP contribution in [-0.4, -0.2) is 69.4 Å². The number of unbranched alkanes of at least 4 members (excludes halogenated alkanes) is 36. The molecule has 10 heteroatoms. The lowest BCUT2D eigenvalue weighted by molar-refractivity contribution is -0.870. The maximum absolute atomic E-state index is 13.5. The smallest absolute Gasteiger partial charge is 0.306 e. The zero-order chi connectivity index (χ0) is 55.0. The molecule has 9 nitrogen and oxygen atoms in total. The van der Waals surface area contributed by atoms with Crippen molar-refractivity contribution < 1.29 is 37.3 Å². The first-order valence-electron chi connectivity index (χ1n) is 31.9. The molecule has 0 fully saturated rings. The fraction of sp³-hybridized carbons (Fsp3) is 0.846. The third kappa shape index (κ3) is 56.5. The number of likely N-dealkylation sites (N-methyl/N-ethyl adjacent to an activating group) is 1. The van der Waals surface area contributed by atoms with Crippen molar-refractivity contribution in [2.24, 2.45) is 0 Å². The zero-order valence-electron chi connectivity index (χ0n) is 50.3. The summed E-state index contributed by atoms with van der Waals surface area (Å²) < 4.78 is 30.2. The SMILES string of the molecule is CCCCCCCC/C=C\C/C=C/CCC(=O)NC(COP(=O)([O-])OCC[N+](C)(C)C)C(/C=C\CCCCCCCCCCC)OC(=O)CCCCCCCCCCCCCCCCC/C=C/CCCCCCCC. The van der Waals surface area contributed by atoms with Crippen molar-refractivity contribution in [2.75, 3.05) is 40.9 Å². The predicted octanol–water partition coefficient (Wildman–Crippen LogP) is 19.0. The molecule has 3 unspecified atom stereocenters. The monoisotopic (exact) mass is 1070 g/mol. The van der Waals surface area contributed by atoms with E-state index in [2.05, 4.69) is 56.5 Å². The number of carbonyl (C=O) groups is 2. The number of nitrogens with one attached hydrogen (secondary N) is 1. The quantitative estimate of drug-likeness (QED) is 0.0212. The number of phosphoric acid groups is 1. The van der Waals surface area contributed by atoms with E-state index in [1.165, 1.54) is 212 Å². The number of esters is 1. The van der Waals surface area contributed by atoms with E-state index in [0.29, 0.717) is 17.4 Å². The van der Waals surface area contributed by atoms with E-state index in [1.54, 1.807) is 0 Å². The topological polar surface area (TPSA) is 114 Å². The minimum Gasteiger partial charge on any atom is -0.756 e. The first kappa shape index (κ1) is 73.0. The second-order valence-electron chi connectivity index (χ2n) is 22.9. The molecule has 0 saturated carbocycles. The van der Waals surface area contributed by atoms with Crippen molar-refractivity contribution in [1.29, 1.82) is 0 Å². The summed E-state index contributed by atoms with van der Waals surface area (Å²) in [6.07, 6.45) is 68.3. The van der Waals surface area contributed by atoms with Crippen molar-refractivity contribution in [3.8, 4) is 0 Å². The number of quaternary nitrogens is 1. The van der Waals surface area contributed by atoms with Gasteiger partial charge < -0.3 is 28.5 Å². The van der Waals surface area contributed by atoms with E-state index >= 15 is 0 Å². The van der Waals surface area contributed by atoms with Gasteiger partial charge >= 0.3 is 5.97 Å². The standard InChI is InChI=1S/C65H123N2O7P/c1-7-10-13-16-19-22-25-27-28-29-30-31-32-33-34-35-36-37-38-40-43-46-49-52-55-58-65(69)74-63(56-53-50-47-44-41-24-21-18-15-12-9-3)62(61-73-75(70,71)72-60-59-67(4,5)6)66-64(68)57-54-51-48-45-42-39-26-23-20-17-14-11-8-2/h27-28,39,42,48,51,53,56,62-63H,7-26,29-38,40-41,43-47,49-50,52,54-55,57-61H2,1-6H3,(H-,66,68,70,71)/b28-27+,42-39-,51-48+,56-53-. The summed E-state index contributed by atoms with van der Waals surface area (Å²) in [7, 11) is 1.16. The Hall–Kier alpha value is -2.03. The van der Waals surface area contributed by atoms with Gasteiger partial charge in [-0.2, -0.15) is 0 Å². The van der Waals surface area contributed by atoms with Gasteiger partial charge in [-0.25, -0.2) is 0 Å². The van der Waals surface area contributed by atoms with Gasteiger partial charge in [0.1, 0.15) is 19.3 Å². The van der Waals surface area contributed by atoms with Crippen LogP contribution in [0.1, 0.15) is 303 Å². The highest BCUT2D eigenvalue weighted by Gasteiger charge is 2.27. The van der Waals surface area contributed by atoms with Crippen LogP contribution in [0, 0.1) is 0 Å². The molecule has 0 aliphatic carbocycles. The van der Waals surface area contributed by atoms with Crippen LogP contribution in [0.5, 0.6) is 0 Å². The number of carbonyl (C=O) groups excluding carboxylic acids is 2. The van der Waals surface area contributed by atoms with Gasteiger partial charge in [0, 0.05) is 12.8 Å². The maximum Gasteiger partial charge on any atom is 0.306 e. The zero-order valence-corrected chi connectivity index (χ0v) is 51.2. The van der Waals surface area contributed by atoms with Gasteiger partial charge in [-0.3, -0.25) is 14.2 Å². The normalized spacial score (nSPS) is 14.0. The van der Waals surface area contributed by atoms with E-state index in [-0.39, 0.29) is 31.3 Å².